The molecule has 0 bridgehead atoms. The van der Waals surface area contributed by atoms with Crippen molar-refractivity contribution in [2.45, 2.75) is 0 Å². The molecule has 1 amide bonds. The van der Waals surface area contributed by atoms with Gasteiger partial charge in [-0.3, -0.25) is 9.63 Å². The normalized spacial score (nSPS) is 9.39. The molecule has 0 radical (unpaired) electrons. The van der Waals surface area contributed by atoms with E-state index in [2.05, 4.69) is 22.2 Å². The highest BCUT2D eigenvalue weighted by Crippen LogP contribution is 2.15. The van der Waals surface area contributed by atoms with Gasteiger partial charge in [0.15, 0.2) is 0 Å². The molecule has 0 aliphatic rings. The Morgan fingerprint density at radius 2 is 2.00 bits per heavy atom. The van der Waals surface area contributed by atoms with E-state index in [4.69, 9.17) is 0 Å². The van der Waals surface area contributed by atoms with E-state index in [0.29, 0.717) is 10.4 Å². The van der Waals surface area contributed by atoms with Gasteiger partial charge < -0.3 is 0 Å². The van der Waals surface area contributed by atoms with Crippen molar-refractivity contribution in [1.82, 2.24) is 5.48 Å². The Hall–Kier alpha value is -2.09. The van der Waals surface area contributed by atoms with Gasteiger partial charge in [0.25, 0.3) is 5.91 Å². The molecule has 1 heterocycles. The summed E-state index contributed by atoms with van der Waals surface area (Å²) in [5, 5.41) is 1.83. The van der Waals surface area contributed by atoms with Crippen molar-refractivity contribution in [2.24, 2.45) is 0 Å². The van der Waals surface area contributed by atoms with Crippen LogP contribution in [0.25, 0.3) is 0 Å². The summed E-state index contributed by atoms with van der Waals surface area (Å²) in [6.45, 7) is 0. The largest absolute Gasteiger partial charge is 0.286 e. The predicted molar refractivity (Wildman–Crippen MR) is 71.2 cm³/mol. The molecular weight excluding hydrogens is 246 g/mol. The van der Waals surface area contributed by atoms with Gasteiger partial charge in [-0.1, -0.05) is 30.0 Å². The molecule has 0 atom stereocenters. The third-order valence-corrected chi connectivity index (χ3v) is 3.09. The van der Waals surface area contributed by atoms with Gasteiger partial charge in [-0.05, 0) is 23.6 Å². The Morgan fingerprint density at radius 1 is 1.22 bits per heavy atom. The fourth-order valence-corrected chi connectivity index (χ4v) is 2.12. The number of carbonyl (C=O) groups excluding carboxylic acids is 1. The lowest BCUT2D eigenvalue weighted by molar-refractivity contribution is 0.0542. The Morgan fingerprint density at radius 3 is 2.72 bits per heavy atom. The number of hydrogen-bond acceptors (Lipinski definition) is 3. The minimum atomic E-state index is -0.273. The first-order valence-corrected chi connectivity index (χ1v) is 6.17. The lowest BCUT2D eigenvalue weighted by Gasteiger charge is -1.98. The van der Waals surface area contributed by atoms with Gasteiger partial charge in [-0.25, -0.2) is 5.48 Å². The third-order valence-electron chi connectivity index (χ3n) is 2.18. The molecule has 2 aromatic rings. The van der Waals surface area contributed by atoms with Crippen molar-refractivity contribution in [3.8, 4) is 11.8 Å². The zero-order valence-electron chi connectivity index (χ0n) is 9.77. The van der Waals surface area contributed by atoms with E-state index >= 15 is 0 Å². The summed E-state index contributed by atoms with van der Waals surface area (Å²) in [4.78, 5) is 16.8. The van der Waals surface area contributed by atoms with Crippen molar-refractivity contribution >= 4 is 17.2 Å². The molecule has 4 heteroatoms. The first-order valence-electron chi connectivity index (χ1n) is 5.29. The van der Waals surface area contributed by atoms with Crippen LogP contribution in [0.5, 0.6) is 0 Å². The van der Waals surface area contributed by atoms with Crippen LogP contribution < -0.4 is 5.48 Å². The van der Waals surface area contributed by atoms with Gasteiger partial charge in [0, 0.05) is 11.1 Å². The van der Waals surface area contributed by atoms with E-state index < -0.39 is 0 Å². The number of thiophene rings is 1. The van der Waals surface area contributed by atoms with Gasteiger partial charge >= 0.3 is 0 Å². The van der Waals surface area contributed by atoms with Gasteiger partial charge in [0.1, 0.15) is 4.88 Å². The summed E-state index contributed by atoms with van der Waals surface area (Å²) < 4.78 is 0. The predicted octanol–water partition coefficient (Wildman–Crippen LogP) is 2.44. The average molecular weight is 257 g/mol. The molecule has 0 aliphatic carbocycles. The molecule has 2 rings (SSSR count). The monoisotopic (exact) mass is 257 g/mol. The summed E-state index contributed by atoms with van der Waals surface area (Å²) in [6.07, 6.45) is 0. The quantitative estimate of drug-likeness (QED) is 0.663. The molecule has 3 nitrogen and oxygen atoms in total. The standard InChI is InChI=1S/C14H11NO2S/c1-17-15-14(16)13-12(9-10-18-13)8-7-11-5-3-2-4-6-11/h2-6,9-10H,1H3,(H,15,16). The zero-order chi connectivity index (χ0) is 12.8. The topological polar surface area (TPSA) is 38.3 Å². The zero-order valence-corrected chi connectivity index (χ0v) is 10.6. The molecule has 0 saturated heterocycles. The maximum absolute atomic E-state index is 11.6. The molecule has 1 N–H and O–H groups in total. The van der Waals surface area contributed by atoms with Crippen LogP contribution in [0.4, 0.5) is 0 Å². The van der Waals surface area contributed by atoms with Crippen molar-refractivity contribution in [3.63, 3.8) is 0 Å². The summed E-state index contributed by atoms with van der Waals surface area (Å²) in [6, 6.07) is 11.5. The van der Waals surface area contributed by atoms with Crippen LogP contribution in [0.3, 0.4) is 0 Å². The number of hydrogen-bond donors (Lipinski definition) is 1. The number of amides is 1. The second-order valence-corrected chi connectivity index (χ2v) is 4.33. The molecule has 0 spiro atoms. The third kappa shape index (κ3) is 2.98. The number of hydroxylamine groups is 1. The highest BCUT2D eigenvalue weighted by molar-refractivity contribution is 7.12. The Labute approximate surface area is 109 Å². The van der Waals surface area contributed by atoms with Gasteiger partial charge in [-0.2, -0.15) is 0 Å². The number of nitrogens with one attached hydrogen (secondary N) is 1. The first kappa shape index (κ1) is 12.4. The highest BCUT2D eigenvalue weighted by atomic mass is 32.1. The Balaban J connectivity index is 2.23. The lowest BCUT2D eigenvalue weighted by atomic mass is 10.2. The van der Waals surface area contributed by atoms with Crippen molar-refractivity contribution < 1.29 is 9.63 Å². The fourth-order valence-electron chi connectivity index (χ4n) is 1.38. The Kier molecular flexibility index (Phi) is 4.13. The van der Waals surface area contributed by atoms with Crippen molar-refractivity contribution in [2.75, 3.05) is 7.11 Å². The molecule has 1 aromatic carbocycles. The van der Waals surface area contributed by atoms with Crippen LogP contribution in [0, 0.1) is 11.8 Å². The molecule has 1 aromatic heterocycles. The second-order valence-electron chi connectivity index (χ2n) is 3.41. The van der Waals surface area contributed by atoms with E-state index in [-0.39, 0.29) is 5.91 Å². The molecule has 90 valence electrons. The SMILES string of the molecule is CONC(=O)c1sccc1C#Cc1ccccc1. The van der Waals surface area contributed by atoms with Gasteiger partial charge in [-0.15, -0.1) is 11.3 Å². The van der Waals surface area contributed by atoms with Crippen LogP contribution in [0.15, 0.2) is 41.8 Å². The molecule has 0 aliphatic heterocycles. The smallest absolute Gasteiger partial charge is 0.277 e. The Bertz CT molecular complexity index is 593. The summed E-state index contributed by atoms with van der Waals surface area (Å²) >= 11 is 1.34. The van der Waals surface area contributed by atoms with Gasteiger partial charge in [0.05, 0.1) is 7.11 Å². The number of rotatable bonds is 2. The number of carbonyl (C=O) groups is 1. The maximum atomic E-state index is 11.6. The minimum absolute atomic E-state index is 0.273. The van der Waals surface area contributed by atoms with E-state index in [1.165, 1.54) is 18.4 Å². The van der Waals surface area contributed by atoms with Crippen molar-refractivity contribution in [1.29, 1.82) is 0 Å². The minimum Gasteiger partial charge on any atom is -0.277 e. The van der Waals surface area contributed by atoms with E-state index in [0.717, 1.165) is 5.56 Å². The van der Waals surface area contributed by atoms with E-state index in [1.807, 2.05) is 41.8 Å². The first-order chi connectivity index (χ1) is 8.81. The molecular formula is C14H11NO2S. The molecule has 0 unspecified atom stereocenters. The maximum Gasteiger partial charge on any atom is 0.286 e. The molecule has 0 saturated carbocycles. The summed E-state index contributed by atoms with van der Waals surface area (Å²) in [7, 11) is 1.40. The van der Waals surface area contributed by atoms with Crippen LogP contribution in [0.1, 0.15) is 20.8 Å². The van der Waals surface area contributed by atoms with Crippen LogP contribution >= 0.6 is 11.3 Å². The van der Waals surface area contributed by atoms with Crippen LogP contribution in [-0.4, -0.2) is 13.0 Å². The lowest BCUT2D eigenvalue weighted by Crippen LogP contribution is -2.21. The van der Waals surface area contributed by atoms with Crippen LogP contribution in [-0.2, 0) is 4.84 Å². The average Bonchev–Trinajstić information content (AvgIpc) is 2.86. The van der Waals surface area contributed by atoms with E-state index in [9.17, 15) is 4.79 Å². The fraction of sp³-hybridized carbons (Fsp3) is 0.0714. The molecule has 0 fully saturated rings. The van der Waals surface area contributed by atoms with Crippen molar-refractivity contribution in [3.05, 3.63) is 57.8 Å². The van der Waals surface area contributed by atoms with Crippen LogP contribution in [0.2, 0.25) is 0 Å². The molecule has 18 heavy (non-hydrogen) atoms. The van der Waals surface area contributed by atoms with Gasteiger partial charge in [0.2, 0.25) is 0 Å². The highest BCUT2D eigenvalue weighted by Gasteiger charge is 2.10. The summed E-state index contributed by atoms with van der Waals surface area (Å²) in [5.74, 6) is 5.74. The van der Waals surface area contributed by atoms with E-state index in [1.54, 1.807) is 0 Å². The second kappa shape index (κ2) is 6.01. The summed E-state index contributed by atoms with van der Waals surface area (Å²) in [5.41, 5.74) is 3.92. The number of benzene rings is 1.